The minimum Gasteiger partial charge on any atom is -0.476 e. The third kappa shape index (κ3) is 5.29. The van der Waals surface area contributed by atoms with Gasteiger partial charge in [0.25, 0.3) is 0 Å². The lowest BCUT2D eigenvalue weighted by atomic mass is 10.4. The number of hydrogen-bond acceptors (Lipinski definition) is 5. The van der Waals surface area contributed by atoms with Crippen molar-refractivity contribution in [3.63, 3.8) is 0 Å². The summed E-state index contributed by atoms with van der Waals surface area (Å²) < 4.78 is 43.1. The summed E-state index contributed by atoms with van der Waals surface area (Å²) in [5, 5.41) is 2.72. The van der Waals surface area contributed by atoms with Crippen LogP contribution in [0, 0.1) is 0 Å². The summed E-state index contributed by atoms with van der Waals surface area (Å²) in [5.41, 5.74) is 0. The lowest BCUT2D eigenvalue weighted by Crippen LogP contribution is -2.20. The SMILES string of the molecule is CCNc1cc(OCCN(C)C)nc(C(F)(F)F)n1. The number of halogens is 3. The second-order valence-corrected chi connectivity index (χ2v) is 4.09. The summed E-state index contributed by atoms with van der Waals surface area (Å²) in [7, 11) is 3.68. The summed E-state index contributed by atoms with van der Waals surface area (Å²) in [6.45, 7) is 3.07. The Labute approximate surface area is 109 Å². The van der Waals surface area contributed by atoms with E-state index in [4.69, 9.17) is 4.74 Å². The van der Waals surface area contributed by atoms with E-state index in [1.165, 1.54) is 6.07 Å². The summed E-state index contributed by atoms with van der Waals surface area (Å²) in [6.07, 6.45) is -4.59. The first kappa shape index (κ1) is 15.5. The predicted octanol–water partition coefficient (Wildman–Crippen LogP) is 1.87. The smallest absolute Gasteiger partial charge is 0.451 e. The Balaban J connectivity index is 2.87. The summed E-state index contributed by atoms with van der Waals surface area (Å²) >= 11 is 0. The Hall–Kier alpha value is -1.57. The average molecular weight is 278 g/mol. The predicted molar refractivity (Wildman–Crippen MR) is 65.2 cm³/mol. The topological polar surface area (TPSA) is 50.3 Å². The van der Waals surface area contributed by atoms with Crippen LogP contribution in [0.25, 0.3) is 0 Å². The van der Waals surface area contributed by atoms with Crippen molar-refractivity contribution in [2.24, 2.45) is 0 Å². The van der Waals surface area contributed by atoms with E-state index in [0.717, 1.165) is 0 Å². The number of likely N-dealkylation sites (N-methyl/N-ethyl adjacent to an activating group) is 1. The van der Waals surface area contributed by atoms with Crippen LogP contribution < -0.4 is 10.1 Å². The van der Waals surface area contributed by atoms with Gasteiger partial charge in [-0.1, -0.05) is 0 Å². The number of ether oxygens (including phenoxy) is 1. The van der Waals surface area contributed by atoms with Crippen LogP contribution in [-0.4, -0.2) is 48.7 Å². The molecule has 0 amide bonds. The Bertz CT molecular complexity index is 409. The molecule has 108 valence electrons. The van der Waals surface area contributed by atoms with E-state index in [0.29, 0.717) is 13.1 Å². The molecule has 0 aliphatic rings. The molecule has 0 aliphatic carbocycles. The van der Waals surface area contributed by atoms with E-state index in [-0.39, 0.29) is 18.3 Å². The molecule has 1 aromatic heterocycles. The zero-order chi connectivity index (χ0) is 14.5. The van der Waals surface area contributed by atoms with Gasteiger partial charge in [0.2, 0.25) is 11.7 Å². The molecule has 19 heavy (non-hydrogen) atoms. The molecule has 0 atom stereocenters. The first-order valence-corrected chi connectivity index (χ1v) is 5.80. The Morgan fingerprint density at radius 3 is 2.53 bits per heavy atom. The summed E-state index contributed by atoms with van der Waals surface area (Å²) in [4.78, 5) is 8.63. The van der Waals surface area contributed by atoms with Gasteiger partial charge in [-0.2, -0.15) is 18.2 Å². The molecule has 0 saturated heterocycles. The lowest BCUT2D eigenvalue weighted by molar-refractivity contribution is -0.145. The summed E-state index contributed by atoms with van der Waals surface area (Å²) in [6, 6.07) is 1.36. The van der Waals surface area contributed by atoms with Crippen LogP contribution >= 0.6 is 0 Å². The maximum absolute atomic E-state index is 12.6. The first-order valence-electron chi connectivity index (χ1n) is 5.80. The van der Waals surface area contributed by atoms with Crippen molar-refractivity contribution in [2.45, 2.75) is 13.1 Å². The van der Waals surface area contributed by atoms with Gasteiger partial charge in [0.05, 0.1) is 0 Å². The fraction of sp³-hybridized carbons (Fsp3) is 0.636. The standard InChI is InChI=1S/C11H17F3N4O/c1-4-15-8-7-9(19-6-5-18(2)3)17-10(16-8)11(12,13)14/h7H,4-6H2,1-3H3,(H,15,16,17). The molecule has 0 bridgehead atoms. The maximum atomic E-state index is 12.6. The molecule has 0 aliphatic heterocycles. The van der Waals surface area contributed by atoms with E-state index < -0.39 is 12.0 Å². The number of nitrogens with zero attached hydrogens (tertiary/aromatic N) is 3. The van der Waals surface area contributed by atoms with E-state index in [1.54, 1.807) is 6.92 Å². The summed E-state index contributed by atoms with van der Waals surface area (Å²) in [5.74, 6) is -1.18. The lowest BCUT2D eigenvalue weighted by Gasteiger charge is -2.13. The van der Waals surface area contributed by atoms with Crippen molar-refractivity contribution in [1.29, 1.82) is 0 Å². The molecule has 0 aromatic carbocycles. The molecule has 1 N–H and O–H groups in total. The highest BCUT2D eigenvalue weighted by molar-refractivity contribution is 5.38. The maximum Gasteiger partial charge on any atom is 0.451 e. The average Bonchev–Trinajstić information content (AvgIpc) is 2.27. The highest BCUT2D eigenvalue weighted by Gasteiger charge is 2.35. The Morgan fingerprint density at radius 2 is 2.00 bits per heavy atom. The van der Waals surface area contributed by atoms with Crippen molar-refractivity contribution in [2.75, 3.05) is 39.1 Å². The fourth-order valence-corrected chi connectivity index (χ4v) is 1.23. The van der Waals surface area contributed by atoms with Gasteiger partial charge in [-0.05, 0) is 21.0 Å². The van der Waals surface area contributed by atoms with Gasteiger partial charge >= 0.3 is 6.18 Å². The number of aromatic nitrogens is 2. The number of anilines is 1. The zero-order valence-corrected chi connectivity index (χ0v) is 11.1. The first-order chi connectivity index (χ1) is 8.82. The van der Waals surface area contributed by atoms with Crippen LogP contribution in [-0.2, 0) is 6.18 Å². The zero-order valence-electron chi connectivity index (χ0n) is 11.1. The van der Waals surface area contributed by atoms with Gasteiger partial charge in [0.15, 0.2) is 0 Å². The molecular weight excluding hydrogens is 261 g/mol. The molecule has 1 heterocycles. The van der Waals surface area contributed by atoms with Crippen molar-refractivity contribution < 1.29 is 17.9 Å². The van der Waals surface area contributed by atoms with Crippen LogP contribution in [0.5, 0.6) is 5.88 Å². The molecule has 1 aromatic rings. The van der Waals surface area contributed by atoms with Crippen molar-refractivity contribution in [3.8, 4) is 5.88 Å². The third-order valence-electron chi connectivity index (χ3n) is 2.10. The number of nitrogens with one attached hydrogen (secondary N) is 1. The van der Waals surface area contributed by atoms with Crippen LogP contribution in [0.15, 0.2) is 6.07 Å². The quantitative estimate of drug-likeness (QED) is 0.861. The van der Waals surface area contributed by atoms with Crippen LogP contribution in [0.3, 0.4) is 0 Å². The number of alkyl halides is 3. The fourth-order valence-electron chi connectivity index (χ4n) is 1.23. The van der Waals surface area contributed by atoms with E-state index in [9.17, 15) is 13.2 Å². The van der Waals surface area contributed by atoms with E-state index in [2.05, 4.69) is 15.3 Å². The second kappa shape index (κ2) is 6.55. The highest BCUT2D eigenvalue weighted by Crippen LogP contribution is 2.28. The Morgan fingerprint density at radius 1 is 1.32 bits per heavy atom. The minimum absolute atomic E-state index is 0.0832. The Kier molecular flexibility index (Phi) is 5.34. The molecule has 0 saturated carbocycles. The van der Waals surface area contributed by atoms with Gasteiger partial charge in [-0.3, -0.25) is 0 Å². The molecular formula is C11H17F3N4O. The van der Waals surface area contributed by atoms with Crippen molar-refractivity contribution in [3.05, 3.63) is 11.9 Å². The van der Waals surface area contributed by atoms with Crippen molar-refractivity contribution >= 4 is 5.82 Å². The van der Waals surface area contributed by atoms with Crippen molar-refractivity contribution in [1.82, 2.24) is 14.9 Å². The highest BCUT2D eigenvalue weighted by atomic mass is 19.4. The monoisotopic (exact) mass is 278 g/mol. The van der Waals surface area contributed by atoms with Gasteiger partial charge in [-0.15, -0.1) is 0 Å². The molecule has 0 radical (unpaired) electrons. The second-order valence-electron chi connectivity index (χ2n) is 4.09. The largest absolute Gasteiger partial charge is 0.476 e. The van der Waals surface area contributed by atoms with Gasteiger partial charge in [-0.25, -0.2) is 4.98 Å². The van der Waals surface area contributed by atoms with Crippen LogP contribution in [0.2, 0.25) is 0 Å². The van der Waals surface area contributed by atoms with E-state index >= 15 is 0 Å². The molecule has 0 fully saturated rings. The number of hydrogen-bond donors (Lipinski definition) is 1. The minimum atomic E-state index is -4.59. The normalized spacial score (nSPS) is 11.7. The molecule has 8 heteroatoms. The molecule has 5 nitrogen and oxygen atoms in total. The van der Waals surface area contributed by atoms with Gasteiger partial charge in [0.1, 0.15) is 12.4 Å². The molecule has 1 rings (SSSR count). The third-order valence-corrected chi connectivity index (χ3v) is 2.10. The van der Waals surface area contributed by atoms with Gasteiger partial charge < -0.3 is 15.0 Å². The molecule has 0 unspecified atom stereocenters. The van der Waals surface area contributed by atoms with Gasteiger partial charge in [0, 0.05) is 19.2 Å². The molecule has 0 spiro atoms. The van der Waals surface area contributed by atoms with E-state index in [1.807, 2.05) is 19.0 Å². The van der Waals surface area contributed by atoms with Crippen LogP contribution in [0.1, 0.15) is 12.7 Å². The van der Waals surface area contributed by atoms with Crippen LogP contribution in [0.4, 0.5) is 19.0 Å². The number of rotatable bonds is 6.